The summed E-state index contributed by atoms with van der Waals surface area (Å²) in [5, 5.41) is 3.34. The van der Waals surface area contributed by atoms with Crippen LogP contribution in [0.1, 0.15) is 0 Å². The van der Waals surface area contributed by atoms with E-state index >= 15 is 0 Å². The van der Waals surface area contributed by atoms with E-state index in [2.05, 4.69) is 25.2 Å². The first kappa shape index (κ1) is 13.4. The third-order valence-electron chi connectivity index (χ3n) is 4.20. The lowest BCUT2D eigenvalue weighted by molar-refractivity contribution is 0.232. The van der Waals surface area contributed by atoms with Gasteiger partial charge in [-0.3, -0.25) is 19.4 Å². The number of H-pyrrole nitrogens is 1. The second-order valence-corrected chi connectivity index (χ2v) is 5.57. The summed E-state index contributed by atoms with van der Waals surface area (Å²) in [5.41, 5.74) is 3.09. The van der Waals surface area contributed by atoms with Crippen LogP contribution in [0.2, 0.25) is 0 Å². The van der Waals surface area contributed by atoms with Crippen LogP contribution in [0.5, 0.6) is 0 Å². The Hall–Kier alpha value is -2.25. The number of piperazine rings is 1. The van der Waals surface area contributed by atoms with Crippen LogP contribution in [-0.4, -0.2) is 57.1 Å². The van der Waals surface area contributed by atoms with Crippen LogP contribution in [0, 0.1) is 0 Å². The third kappa shape index (κ3) is 2.28. The van der Waals surface area contributed by atoms with Crippen LogP contribution < -0.4 is 11.0 Å². The van der Waals surface area contributed by atoms with Crippen molar-refractivity contribution < 1.29 is 0 Å². The lowest BCUT2D eigenvalue weighted by Gasteiger charge is -2.27. The van der Waals surface area contributed by atoms with Crippen molar-refractivity contribution in [1.29, 1.82) is 0 Å². The molecule has 0 bridgehead atoms. The molecule has 1 saturated heterocycles. The molecule has 114 valence electrons. The maximum atomic E-state index is 12.3. The fraction of sp³-hybridized carbons (Fsp3) is 0.400. The highest BCUT2D eigenvalue weighted by atomic mass is 16.1. The van der Waals surface area contributed by atoms with E-state index in [1.807, 2.05) is 12.1 Å². The number of nitrogens with zero attached hydrogens (tertiary/aromatic N) is 4. The van der Waals surface area contributed by atoms with Crippen molar-refractivity contribution in [1.82, 2.24) is 29.7 Å². The molecular weight excluding hydrogens is 280 g/mol. The van der Waals surface area contributed by atoms with Gasteiger partial charge in [-0.1, -0.05) is 0 Å². The predicted molar refractivity (Wildman–Crippen MR) is 85.0 cm³/mol. The summed E-state index contributed by atoms with van der Waals surface area (Å²) in [4.78, 5) is 26.3. The molecule has 1 aliphatic heterocycles. The number of hydrogen-bond donors (Lipinski definition) is 2. The molecule has 2 N–H and O–H groups in total. The first-order valence-electron chi connectivity index (χ1n) is 7.58. The average molecular weight is 298 g/mol. The molecule has 1 aliphatic rings. The molecule has 7 nitrogen and oxygen atoms in total. The van der Waals surface area contributed by atoms with E-state index in [1.165, 1.54) is 0 Å². The molecule has 4 rings (SSSR count). The summed E-state index contributed by atoms with van der Waals surface area (Å²) in [6.07, 6.45) is 3.45. The SMILES string of the molecule is O=c1[nH]c2cnc3cccnc3c2n1CCN1CCNCC1. The van der Waals surface area contributed by atoms with Crippen molar-refractivity contribution in [3.63, 3.8) is 0 Å². The largest absolute Gasteiger partial charge is 0.326 e. The summed E-state index contributed by atoms with van der Waals surface area (Å²) >= 11 is 0. The Kier molecular flexibility index (Phi) is 3.36. The molecule has 0 saturated carbocycles. The third-order valence-corrected chi connectivity index (χ3v) is 4.20. The van der Waals surface area contributed by atoms with Gasteiger partial charge in [0.1, 0.15) is 5.52 Å². The number of pyridine rings is 2. The smallest absolute Gasteiger partial charge is 0.314 e. The highest BCUT2D eigenvalue weighted by molar-refractivity contribution is 5.99. The number of fused-ring (bicyclic) bond motifs is 3. The maximum absolute atomic E-state index is 12.3. The molecular formula is C15H18N6O. The zero-order valence-electron chi connectivity index (χ0n) is 12.2. The summed E-state index contributed by atoms with van der Waals surface area (Å²) in [6.45, 7) is 5.60. The van der Waals surface area contributed by atoms with Gasteiger partial charge in [-0.25, -0.2) is 4.79 Å². The van der Waals surface area contributed by atoms with Crippen LogP contribution in [0.3, 0.4) is 0 Å². The normalized spacial score (nSPS) is 16.5. The lowest BCUT2D eigenvalue weighted by atomic mass is 10.3. The second kappa shape index (κ2) is 5.51. The Bertz CT molecular complexity index is 861. The van der Waals surface area contributed by atoms with Crippen LogP contribution in [0.4, 0.5) is 0 Å². The van der Waals surface area contributed by atoms with E-state index in [1.54, 1.807) is 17.0 Å². The molecule has 7 heteroatoms. The number of rotatable bonds is 3. The molecule has 4 heterocycles. The highest BCUT2D eigenvalue weighted by Gasteiger charge is 2.14. The number of nitrogens with one attached hydrogen (secondary N) is 2. The number of aromatic nitrogens is 4. The fourth-order valence-corrected chi connectivity index (χ4v) is 3.04. The Morgan fingerprint density at radius 1 is 1.18 bits per heavy atom. The van der Waals surface area contributed by atoms with Gasteiger partial charge in [-0.2, -0.15) is 0 Å². The van der Waals surface area contributed by atoms with Gasteiger partial charge in [0.25, 0.3) is 0 Å². The molecule has 0 aromatic carbocycles. The molecule has 0 spiro atoms. The van der Waals surface area contributed by atoms with Crippen LogP contribution >= 0.6 is 0 Å². The first-order valence-corrected chi connectivity index (χ1v) is 7.58. The van der Waals surface area contributed by atoms with Gasteiger partial charge in [0.15, 0.2) is 0 Å². The highest BCUT2D eigenvalue weighted by Crippen LogP contribution is 2.18. The minimum Gasteiger partial charge on any atom is -0.314 e. The van der Waals surface area contributed by atoms with E-state index in [-0.39, 0.29) is 5.69 Å². The van der Waals surface area contributed by atoms with Crippen LogP contribution in [0.15, 0.2) is 29.3 Å². The fourth-order valence-electron chi connectivity index (χ4n) is 3.04. The van der Waals surface area contributed by atoms with Gasteiger partial charge in [0.05, 0.1) is 22.7 Å². The maximum Gasteiger partial charge on any atom is 0.326 e. The van der Waals surface area contributed by atoms with Crippen LogP contribution in [0.25, 0.3) is 22.1 Å². The first-order chi connectivity index (χ1) is 10.8. The minimum absolute atomic E-state index is 0.0925. The number of aromatic amines is 1. The topological polar surface area (TPSA) is 78.8 Å². The quantitative estimate of drug-likeness (QED) is 0.721. The van der Waals surface area contributed by atoms with E-state index in [0.717, 1.165) is 54.8 Å². The van der Waals surface area contributed by atoms with Crippen molar-refractivity contribution >= 4 is 22.1 Å². The molecule has 22 heavy (non-hydrogen) atoms. The summed E-state index contributed by atoms with van der Waals surface area (Å²) < 4.78 is 1.79. The summed E-state index contributed by atoms with van der Waals surface area (Å²) in [6, 6.07) is 3.77. The van der Waals surface area contributed by atoms with Gasteiger partial charge in [0.2, 0.25) is 0 Å². The zero-order valence-corrected chi connectivity index (χ0v) is 12.2. The second-order valence-electron chi connectivity index (χ2n) is 5.57. The Morgan fingerprint density at radius 3 is 2.91 bits per heavy atom. The molecule has 0 amide bonds. The van der Waals surface area contributed by atoms with Crippen molar-refractivity contribution in [3.05, 3.63) is 35.0 Å². The molecule has 3 aromatic rings. The van der Waals surface area contributed by atoms with Gasteiger partial charge < -0.3 is 10.3 Å². The van der Waals surface area contributed by atoms with Crippen molar-refractivity contribution in [2.75, 3.05) is 32.7 Å². The molecule has 0 atom stereocenters. The van der Waals surface area contributed by atoms with E-state index in [9.17, 15) is 4.79 Å². The monoisotopic (exact) mass is 298 g/mol. The van der Waals surface area contributed by atoms with Gasteiger partial charge in [-0.05, 0) is 12.1 Å². The molecule has 1 fully saturated rings. The van der Waals surface area contributed by atoms with Crippen molar-refractivity contribution in [2.24, 2.45) is 0 Å². The van der Waals surface area contributed by atoms with Crippen LogP contribution in [-0.2, 0) is 6.54 Å². The summed E-state index contributed by atoms with van der Waals surface area (Å²) in [7, 11) is 0. The average Bonchev–Trinajstić information content (AvgIpc) is 2.90. The zero-order chi connectivity index (χ0) is 14.9. The van der Waals surface area contributed by atoms with E-state index in [0.29, 0.717) is 6.54 Å². The molecule has 0 aliphatic carbocycles. The van der Waals surface area contributed by atoms with Gasteiger partial charge in [0, 0.05) is 45.5 Å². The summed E-state index contributed by atoms with van der Waals surface area (Å²) in [5.74, 6) is 0. The standard InChI is InChI=1S/C15H18N6O/c22-15-19-12-10-18-11-2-1-3-17-13(11)14(12)21(15)9-8-20-6-4-16-5-7-20/h1-3,10,16H,4-9H2,(H,19,22). The molecule has 0 radical (unpaired) electrons. The van der Waals surface area contributed by atoms with Crippen molar-refractivity contribution in [2.45, 2.75) is 6.54 Å². The Labute approximate surface area is 127 Å². The number of hydrogen-bond acceptors (Lipinski definition) is 5. The van der Waals surface area contributed by atoms with E-state index < -0.39 is 0 Å². The van der Waals surface area contributed by atoms with E-state index in [4.69, 9.17) is 0 Å². The minimum atomic E-state index is -0.0925. The molecule has 0 unspecified atom stereocenters. The predicted octanol–water partition coefficient (Wildman–Crippen LogP) is 0.178. The van der Waals surface area contributed by atoms with Gasteiger partial charge in [-0.15, -0.1) is 0 Å². The Balaban J connectivity index is 1.74. The lowest BCUT2D eigenvalue weighted by Crippen LogP contribution is -2.44. The Morgan fingerprint density at radius 2 is 2.05 bits per heavy atom. The van der Waals surface area contributed by atoms with Crippen molar-refractivity contribution in [3.8, 4) is 0 Å². The van der Waals surface area contributed by atoms with Gasteiger partial charge >= 0.3 is 5.69 Å². The number of imidazole rings is 1. The molecule has 3 aromatic heterocycles.